The smallest absolute Gasteiger partial charge is 0.412 e. The van der Waals surface area contributed by atoms with Crippen LogP contribution in [0.15, 0.2) is 54.6 Å². The molecular weight excluding hydrogens is 945 g/mol. The molecule has 4 rings (SSSR count). The van der Waals surface area contributed by atoms with E-state index in [9.17, 15) is 48.7 Å². The van der Waals surface area contributed by atoms with Gasteiger partial charge in [-0.25, -0.2) is 9.59 Å². The molecule has 376 valence electrons. The number of nitrogens with zero attached hydrogens (tertiary/aromatic N) is 3. The Morgan fingerprint density at radius 1 is 0.647 bits per heavy atom. The quantitative estimate of drug-likeness (QED) is 0.00949. The first-order valence-electron chi connectivity index (χ1n) is 22.4. The van der Waals surface area contributed by atoms with E-state index in [-0.39, 0.29) is 66.8 Å². The van der Waals surface area contributed by atoms with Crippen LogP contribution in [-0.2, 0) is 36.9 Å². The summed E-state index contributed by atoms with van der Waals surface area (Å²) in [5, 5.41) is 6.40. The van der Waals surface area contributed by atoms with Crippen LogP contribution in [0.2, 0.25) is 0 Å². The van der Waals surface area contributed by atoms with Crippen molar-refractivity contribution in [3.63, 3.8) is 0 Å². The molecule has 2 amide bonds. The molecule has 0 bridgehead atoms. The van der Waals surface area contributed by atoms with Crippen LogP contribution in [0.3, 0.4) is 0 Å². The van der Waals surface area contributed by atoms with Crippen LogP contribution in [0, 0.1) is 13.8 Å². The van der Waals surface area contributed by atoms with Crippen molar-refractivity contribution in [1.82, 2.24) is 10.6 Å². The molecule has 0 saturated heterocycles. The molecule has 1 aromatic heterocycles. The summed E-state index contributed by atoms with van der Waals surface area (Å²) in [7, 11) is -6.61. The first-order chi connectivity index (χ1) is 31.7. The Morgan fingerprint density at radius 2 is 1.18 bits per heavy atom. The summed E-state index contributed by atoms with van der Waals surface area (Å²) in [5.41, 5.74) is 8.23. The number of benzene rings is 3. The number of esters is 1. The third-order valence-corrected chi connectivity index (χ3v) is 14.1. The van der Waals surface area contributed by atoms with Crippen LogP contribution >= 0.6 is 0 Å². The Labute approximate surface area is 399 Å². The number of pyridine rings is 1. The van der Waals surface area contributed by atoms with Crippen LogP contribution in [0.5, 0.6) is 11.5 Å². The Balaban J connectivity index is 1.56. The number of carbonyl (C=O) groups excluding carboxylic acids is 3. The van der Waals surface area contributed by atoms with Crippen molar-refractivity contribution in [2.45, 2.75) is 58.9 Å². The highest BCUT2D eigenvalue weighted by atomic mass is 32.2. The topological polar surface area (TPSA) is 287 Å². The van der Waals surface area contributed by atoms with Gasteiger partial charge in [-0.3, -0.25) is 18.5 Å². The molecule has 23 heteroatoms. The number of nitrogens with two attached hydrogens (primary N) is 1. The third kappa shape index (κ3) is 17.9. The van der Waals surface area contributed by atoms with Gasteiger partial charge in [-0.15, -0.1) is 0 Å². The summed E-state index contributed by atoms with van der Waals surface area (Å²) in [6.07, 6.45) is 1.67. The summed E-state index contributed by atoms with van der Waals surface area (Å²) < 4.78 is 110. The zero-order valence-electron chi connectivity index (χ0n) is 39.4. The van der Waals surface area contributed by atoms with Crippen molar-refractivity contribution in [2.24, 2.45) is 5.73 Å². The van der Waals surface area contributed by atoms with E-state index in [2.05, 4.69) is 10.6 Å². The monoisotopic (exact) mass is 1010 g/mol. The maximum atomic E-state index is 14.5. The molecule has 0 saturated carbocycles. The number of fused-ring (bicyclic) bond motifs is 2. The molecule has 0 spiro atoms. The second kappa shape index (κ2) is 24.1. The average molecular weight is 1010 g/mol. The second-order valence-electron chi connectivity index (χ2n) is 18.1. The summed E-state index contributed by atoms with van der Waals surface area (Å²) >= 11 is 0. The molecule has 68 heavy (non-hydrogen) atoms. The van der Waals surface area contributed by atoms with Gasteiger partial charge in [-0.05, 0) is 61.9 Å². The number of ether oxygens (including phenoxy) is 2. The van der Waals surface area contributed by atoms with Gasteiger partial charge in [0.2, 0.25) is 11.0 Å². The molecule has 1 atom stereocenters. The van der Waals surface area contributed by atoms with Gasteiger partial charge in [0.15, 0.2) is 6.54 Å². The standard InChI is InChI=1S/C45H64N6O14S3/c1-33-30-35(43(52)47-19-10-25-51(5,24-8-18-46)26-13-29-68(61,62)63)31-34(2)42(33)65-44(53)41-37-14-6-7-15-39(37)49(21-11-27-66(55,56)57)40-17-16-36(32-38(40)41)64-45(54)48-20-9-22-50(3,4)23-12-28-67(58,59)60/h6-7,14-17,30-32H,8-13,18-29,46H2,1-5H3,(H2-3,47,48,52,54,55,56,57,58,59,60,61,62,63)/p+3. The first kappa shape index (κ1) is 55.7. The van der Waals surface area contributed by atoms with Gasteiger partial charge >= 0.3 is 12.1 Å². The maximum absolute atomic E-state index is 14.5. The molecule has 20 nitrogen and oxygen atoms in total. The van der Waals surface area contributed by atoms with Gasteiger partial charge in [0, 0.05) is 69.3 Å². The van der Waals surface area contributed by atoms with E-state index in [1.54, 1.807) is 60.9 Å². The summed E-state index contributed by atoms with van der Waals surface area (Å²) in [6.45, 7) is 7.53. The number of aryl methyl sites for hydroxylation is 3. The second-order valence-corrected chi connectivity index (χ2v) is 22.8. The lowest BCUT2D eigenvalue weighted by Crippen LogP contribution is -2.48. The Kier molecular flexibility index (Phi) is 19.8. The predicted molar refractivity (Wildman–Crippen MR) is 258 cm³/mol. The van der Waals surface area contributed by atoms with Crippen LogP contribution in [0.4, 0.5) is 4.79 Å². The van der Waals surface area contributed by atoms with Gasteiger partial charge in [-0.1, -0.05) is 12.1 Å². The lowest BCUT2D eigenvalue weighted by molar-refractivity contribution is -0.909. The van der Waals surface area contributed by atoms with Crippen molar-refractivity contribution in [3.8, 4) is 11.5 Å². The minimum absolute atomic E-state index is 0.0362. The average Bonchev–Trinajstić information content (AvgIpc) is 3.22. The molecule has 0 aliphatic rings. The molecule has 0 aliphatic heterocycles. The van der Waals surface area contributed by atoms with Crippen LogP contribution in [-0.4, -0.2) is 157 Å². The van der Waals surface area contributed by atoms with Crippen molar-refractivity contribution in [2.75, 3.05) is 90.8 Å². The summed E-state index contributed by atoms with van der Waals surface area (Å²) in [5.74, 6) is -1.98. The van der Waals surface area contributed by atoms with Crippen LogP contribution in [0.1, 0.15) is 70.4 Å². The highest BCUT2D eigenvalue weighted by Crippen LogP contribution is 2.32. The Hall–Kier alpha value is -4.85. The number of quaternary nitrogens is 2. The van der Waals surface area contributed by atoms with E-state index in [0.29, 0.717) is 106 Å². The lowest BCUT2D eigenvalue weighted by atomic mass is 10.0. The molecule has 0 aliphatic carbocycles. The number of hydrogen-bond donors (Lipinski definition) is 6. The van der Waals surface area contributed by atoms with Gasteiger partial charge in [-0.2, -0.15) is 29.8 Å². The minimum Gasteiger partial charge on any atom is -0.422 e. The Bertz CT molecular complexity index is 2760. The lowest BCUT2D eigenvalue weighted by Gasteiger charge is -2.34. The number of nitrogens with one attached hydrogen (secondary N) is 2. The summed E-state index contributed by atoms with van der Waals surface area (Å²) in [6, 6.07) is 14.9. The number of para-hydroxylation sites is 1. The van der Waals surface area contributed by atoms with Gasteiger partial charge < -0.3 is 34.8 Å². The van der Waals surface area contributed by atoms with Crippen molar-refractivity contribution in [1.29, 1.82) is 0 Å². The van der Waals surface area contributed by atoms with E-state index < -0.39 is 48.2 Å². The number of amides is 2. The van der Waals surface area contributed by atoms with Crippen LogP contribution < -0.4 is 30.4 Å². The molecular formula is C45H67N6O14S3+3. The molecule has 1 heterocycles. The fourth-order valence-electron chi connectivity index (χ4n) is 8.29. The van der Waals surface area contributed by atoms with Gasteiger partial charge in [0.25, 0.3) is 36.3 Å². The molecule has 3 aromatic carbocycles. The fourth-order valence-corrected chi connectivity index (χ4v) is 9.77. The third-order valence-electron chi connectivity index (χ3n) is 11.6. The zero-order valence-corrected chi connectivity index (χ0v) is 41.8. The molecule has 4 aromatic rings. The van der Waals surface area contributed by atoms with E-state index in [4.69, 9.17) is 19.8 Å². The van der Waals surface area contributed by atoms with E-state index >= 15 is 0 Å². The number of hydrogen-bond acceptors (Lipinski definition) is 12. The molecule has 7 N–H and O–H groups in total. The Morgan fingerprint density at radius 3 is 1.81 bits per heavy atom. The molecule has 0 radical (unpaired) electrons. The van der Waals surface area contributed by atoms with Gasteiger partial charge in [0.05, 0.1) is 87.5 Å². The number of aromatic nitrogens is 1. The minimum atomic E-state index is -4.28. The highest BCUT2D eigenvalue weighted by Gasteiger charge is 2.28. The van der Waals surface area contributed by atoms with Crippen LogP contribution in [0.25, 0.3) is 21.8 Å². The van der Waals surface area contributed by atoms with Crippen molar-refractivity contribution in [3.05, 3.63) is 76.9 Å². The van der Waals surface area contributed by atoms with E-state index in [1.807, 2.05) is 21.1 Å². The highest BCUT2D eigenvalue weighted by molar-refractivity contribution is 7.86. The van der Waals surface area contributed by atoms with Gasteiger partial charge in [0.1, 0.15) is 11.5 Å². The number of rotatable bonds is 27. The normalized spacial score (nSPS) is 13.3. The van der Waals surface area contributed by atoms with E-state index in [0.717, 1.165) is 6.42 Å². The molecule has 1 unspecified atom stereocenters. The molecule has 0 fully saturated rings. The fraction of sp³-hybridized carbons (Fsp3) is 0.511. The van der Waals surface area contributed by atoms with Crippen molar-refractivity contribution < 1.29 is 76.3 Å². The van der Waals surface area contributed by atoms with E-state index in [1.165, 1.54) is 12.1 Å². The number of carbonyl (C=O) groups is 3. The largest absolute Gasteiger partial charge is 0.422 e. The predicted octanol–water partition coefficient (Wildman–Crippen LogP) is 3.42. The SMILES string of the molecule is Cc1cc(C(=O)NCCC[N+](C)(CCCN)CCCS(=O)(=O)O)cc(C)c1OC(=O)c1c2ccccc2[n+](CCCS(=O)(=O)O)c2ccc(OC(=O)NCCC[N+](C)(C)CCCS(=O)(=O)O)cc12. The first-order valence-corrected chi connectivity index (χ1v) is 27.2. The maximum Gasteiger partial charge on any atom is 0.412 e. The summed E-state index contributed by atoms with van der Waals surface area (Å²) in [4.78, 5) is 40.9. The van der Waals surface area contributed by atoms with Crippen molar-refractivity contribution >= 4 is 70.1 Å². The zero-order chi connectivity index (χ0) is 50.5.